The Bertz CT molecular complexity index is 352. The summed E-state index contributed by atoms with van der Waals surface area (Å²) in [5.74, 6) is 1.98. The van der Waals surface area contributed by atoms with Gasteiger partial charge >= 0.3 is 0 Å². The van der Waals surface area contributed by atoms with Crippen LogP contribution in [0.1, 0.15) is 19.8 Å². The molecule has 1 saturated heterocycles. The zero-order valence-corrected chi connectivity index (χ0v) is 10.4. The monoisotopic (exact) mass is 236 g/mol. The second-order valence-electron chi connectivity index (χ2n) is 4.49. The largest absolute Gasteiger partial charge is 0.480 e. The molecule has 17 heavy (non-hydrogen) atoms. The Morgan fingerprint density at radius 2 is 2.41 bits per heavy atom. The molecule has 1 fully saturated rings. The molecule has 0 spiro atoms. The van der Waals surface area contributed by atoms with Crippen molar-refractivity contribution in [3.05, 3.63) is 12.4 Å². The fraction of sp³-hybridized carbons (Fsp3) is 0.667. The van der Waals surface area contributed by atoms with Crippen LogP contribution in [0.15, 0.2) is 12.4 Å². The third-order valence-electron chi connectivity index (χ3n) is 3.24. The summed E-state index contributed by atoms with van der Waals surface area (Å²) < 4.78 is 5.06. The van der Waals surface area contributed by atoms with Crippen molar-refractivity contribution in [1.29, 1.82) is 0 Å². The lowest BCUT2D eigenvalue weighted by atomic mass is 9.93. The predicted molar refractivity (Wildman–Crippen MR) is 67.3 cm³/mol. The number of methoxy groups -OCH3 is 1. The molecule has 94 valence electrons. The highest BCUT2D eigenvalue weighted by Gasteiger charge is 2.19. The second-order valence-corrected chi connectivity index (χ2v) is 4.49. The Labute approximate surface area is 102 Å². The highest BCUT2D eigenvalue weighted by molar-refractivity contribution is 5.34. The van der Waals surface area contributed by atoms with Gasteiger partial charge in [-0.3, -0.25) is 4.98 Å². The molecule has 0 aliphatic carbocycles. The Morgan fingerprint density at radius 3 is 3.12 bits per heavy atom. The van der Waals surface area contributed by atoms with Crippen LogP contribution >= 0.6 is 0 Å². The molecule has 0 amide bonds. The zero-order chi connectivity index (χ0) is 12.1. The first-order valence-electron chi connectivity index (χ1n) is 6.13. The quantitative estimate of drug-likeness (QED) is 0.825. The van der Waals surface area contributed by atoms with Gasteiger partial charge in [0.05, 0.1) is 19.5 Å². The summed E-state index contributed by atoms with van der Waals surface area (Å²) in [6.07, 6.45) is 5.85. The molecule has 1 aliphatic rings. The van der Waals surface area contributed by atoms with Crippen LogP contribution in [0.5, 0.6) is 5.88 Å². The molecule has 1 aliphatic heterocycles. The normalized spacial score (nSPS) is 21.9. The lowest BCUT2D eigenvalue weighted by molar-refractivity contribution is 0.346. The van der Waals surface area contributed by atoms with Gasteiger partial charge in [-0.25, -0.2) is 0 Å². The SMILES string of the molecule is COc1cncc(NC(C)C2CCCNC2)n1. The topological polar surface area (TPSA) is 59.1 Å². The van der Waals surface area contributed by atoms with Crippen molar-refractivity contribution < 1.29 is 4.74 Å². The van der Waals surface area contributed by atoms with E-state index in [0.717, 1.165) is 18.9 Å². The van der Waals surface area contributed by atoms with Gasteiger partial charge in [0.2, 0.25) is 5.88 Å². The minimum atomic E-state index is 0.393. The van der Waals surface area contributed by atoms with Crippen molar-refractivity contribution in [2.45, 2.75) is 25.8 Å². The van der Waals surface area contributed by atoms with Gasteiger partial charge in [-0.2, -0.15) is 4.98 Å². The number of nitrogens with one attached hydrogen (secondary N) is 2. The van der Waals surface area contributed by atoms with Crippen LogP contribution in [-0.2, 0) is 0 Å². The van der Waals surface area contributed by atoms with E-state index < -0.39 is 0 Å². The maximum Gasteiger partial charge on any atom is 0.233 e. The summed E-state index contributed by atoms with van der Waals surface area (Å²) in [5, 5.41) is 6.82. The van der Waals surface area contributed by atoms with Gasteiger partial charge in [-0.1, -0.05) is 0 Å². The van der Waals surface area contributed by atoms with Gasteiger partial charge in [0, 0.05) is 6.04 Å². The first-order chi connectivity index (χ1) is 8.29. The van der Waals surface area contributed by atoms with Gasteiger partial charge in [0.25, 0.3) is 0 Å². The molecular formula is C12H20N4O. The molecule has 0 bridgehead atoms. The second kappa shape index (κ2) is 5.82. The molecule has 0 saturated carbocycles. The van der Waals surface area contributed by atoms with Crippen LogP contribution < -0.4 is 15.4 Å². The number of hydrogen-bond donors (Lipinski definition) is 2. The smallest absolute Gasteiger partial charge is 0.233 e. The van der Waals surface area contributed by atoms with E-state index in [1.165, 1.54) is 12.8 Å². The third-order valence-corrected chi connectivity index (χ3v) is 3.24. The van der Waals surface area contributed by atoms with Crippen LogP contribution in [0.4, 0.5) is 5.82 Å². The predicted octanol–water partition coefficient (Wildman–Crippen LogP) is 1.29. The third kappa shape index (κ3) is 3.30. The molecule has 0 radical (unpaired) electrons. The maximum atomic E-state index is 5.06. The van der Waals surface area contributed by atoms with Crippen molar-refractivity contribution in [2.24, 2.45) is 5.92 Å². The fourth-order valence-corrected chi connectivity index (χ4v) is 2.17. The summed E-state index contributed by atoms with van der Waals surface area (Å²) in [6, 6.07) is 0.393. The van der Waals surface area contributed by atoms with E-state index >= 15 is 0 Å². The van der Waals surface area contributed by atoms with Crippen LogP contribution in [0.25, 0.3) is 0 Å². The van der Waals surface area contributed by atoms with E-state index in [1.54, 1.807) is 19.5 Å². The fourth-order valence-electron chi connectivity index (χ4n) is 2.17. The number of anilines is 1. The van der Waals surface area contributed by atoms with Crippen LogP contribution in [-0.4, -0.2) is 36.2 Å². The van der Waals surface area contributed by atoms with Crippen LogP contribution in [0, 0.1) is 5.92 Å². The van der Waals surface area contributed by atoms with E-state index in [-0.39, 0.29) is 0 Å². The standard InChI is InChI=1S/C12H20N4O/c1-9(10-4-3-5-13-6-10)15-11-7-14-8-12(16-11)17-2/h7-10,13H,3-6H2,1-2H3,(H,15,16). The van der Waals surface area contributed by atoms with Crippen molar-refractivity contribution in [2.75, 3.05) is 25.5 Å². The Kier molecular flexibility index (Phi) is 4.14. The van der Waals surface area contributed by atoms with E-state index in [4.69, 9.17) is 4.74 Å². The molecule has 5 heteroatoms. The van der Waals surface area contributed by atoms with Crippen molar-refractivity contribution in [3.63, 3.8) is 0 Å². The van der Waals surface area contributed by atoms with E-state index in [1.807, 2.05) is 0 Å². The summed E-state index contributed by atoms with van der Waals surface area (Å²) in [6.45, 7) is 4.41. The first kappa shape index (κ1) is 12.1. The highest BCUT2D eigenvalue weighted by Crippen LogP contribution is 2.18. The van der Waals surface area contributed by atoms with Crippen molar-refractivity contribution >= 4 is 5.82 Å². The van der Waals surface area contributed by atoms with Gasteiger partial charge in [0.15, 0.2) is 0 Å². The summed E-state index contributed by atoms with van der Waals surface area (Å²) >= 11 is 0. The zero-order valence-electron chi connectivity index (χ0n) is 10.4. The molecule has 2 N–H and O–H groups in total. The minimum absolute atomic E-state index is 0.393. The molecule has 2 rings (SSSR count). The number of aromatic nitrogens is 2. The van der Waals surface area contributed by atoms with Crippen LogP contribution in [0.2, 0.25) is 0 Å². The van der Waals surface area contributed by atoms with Gasteiger partial charge in [-0.05, 0) is 38.8 Å². The van der Waals surface area contributed by atoms with E-state index in [9.17, 15) is 0 Å². The average molecular weight is 236 g/mol. The molecule has 5 nitrogen and oxygen atoms in total. The lowest BCUT2D eigenvalue weighted by Crippen LogP contribution is -2.38. The molecule has 1 aromatic rings. The van der Waals surface area contributed by atoms with Crippen molar-refractivity contribution in [3.8, 4) is 5.88 Å². The number of hydrogen-bond acceptors (Lipinski definition) is 5. The Morgan fingerprint density at radius 1 is 1.53 bits per heavy atom. The Hall–Kier alpha value is -1.36. The van der Waals surface area contributed by atoms with Gasteiger partial charge in [0.1, 0.15) is 5.82 Å². The molecular weight excluding hydrogens is 216 g/mol. The molecule has 0 aromatic carbocycles. The average Bonchev–Trinajstić information content (AvgIpc) is 2.40. The number of nitrogens with zero attached hydrogens (tertiary/aromatic N) is 2. The molecule has 2 unspecified atom stereocenters. The molecule has 2 atom stereocenters. The number of rotatable bonds is 4. The lowest BCUT2D eigenvalue weighted by Gasteiger charge is -2.29. The van der Waals surface area contributed by atoms with E-state index in [0.29, 0.717) is 17.8 Å². The summed E-state index contributed by atoms with van der Waals surface area (Å²) in [4.78, 5) is 8.40. The summed E-state index contributed by atoms with van der Waals surface area (Å²) in [7, 11) is 1.60. The summed E-state index contributed by atoms with van der Waals surface area (Å²) in [5.41, 5.74) is 0. The maximum absolute atomic E-state index is 5.06. The highest BCUT2D eigenvalue weighted by atomic mass is 16.5. The molecule has 1 aromatic heterocycles. The molecule has 2 heterocycles. The van der Waals surface area contributed by atoms with Gasteiger partial charge < -0.3 is 15.4 Å². The number of piperidine rings is 1. The van der Waals surface area contributed by atoms with Crippen molar-refractivity contribution in [1.82, 2.24) is 15.3 Å². The van der Waals surface area contributed by atoms with Gasteiger partial charge in [-0.15, -0.1) is 0 Å². The van der Waals surface area contributed by atoms with Crippen LogP contribution in [0.3, 0.4) is 0 Å². The Balaban J connectivity index is 1.94. The number of ether oxygens (including phenoxy) is 1. The first-order valence-corrected chi connectivity index (χ1v) is 6.13. The van der Waals surface area contributed by atoms with E-state index in [2.05, 4.69) is 27.5 Å². The minimum Gasteiger partial charge on any atom is -0.480 e.